The van der Waals surface area contributed by atoms with Gasteiger partial charge in [0.25, 0.3) is 11.8 Å². The van der Waals surface area contributed by atoms with Crippen molar-refractivity contribution in [1.29, 1.82) is 0 Å². The number of benzene rings is 1. The Morgan fingerprint density at radius 2 is 1.81 bits per heavy atom. The van der Waals surface area contributed by atoms with E-state index >= 15 is 0 Å². The summed E-state index contributed by atoms with van der Waals surface area (Å²) in [5.41, 5.74) is 2.83. The molecule has 1 atom stereocenters. The van der Waals surface area contributed by atoms with Gasteiger partial charge in [0.2, 0.25) is 0 Å². The van der Waals surface area contributed by atoms with Crippen LogP contribution in [-0.4, -0.2) is 26.7 Å². The topological polar surface area (TPSA) is 63.2 Å². The fraction of sp³-hybridized carbons (Fsp3) is 0.250. The first-order chi connectivity index (χ1) is 10.3. The van der Waals surface area contributed by atoms with Crippen LogP contribution in [0.4, 0.5) is 0 Å². The van der Waals surface area contributed by atoms with Crippen molar-refractivity contribution in [2.24, 2.45) is 0 Å². The summed E-state index contributed by atoms with van der Waals surface area (Å²) in [5, 5.41) is 0. The van der Waals surface area contributed by atoms with E-state index in [9.17, 15) is 9.59 Å². The molecule has 5 nitrogen and oxygen atoms in total. The number of aryl methyl sites for hydroxylation is 1. The van der Waals surface area contributed by atoms with E-state index in [2.05, 4.69) is 9.97 Å². The van der Waals surface area contributed by atoms with Gasteiger partial charge in [-0.25, -0.2) is 9.97 Å². The molecule has 1 unspecified atom stereocenters. The lowest BCUT2D eigenvalue weighted by Gasteiger charge is -2.30. The summed E-state index contributed by atoms with van der Waals surface area (Å²) >= 11 is 0. The highest BCUT2D eigenvalue weighted by Gasteiger charge is 2.41. The molecule has 0 radical (unpaired) electrons. The van der Waals surface area contributed by atoms with E-state index in [0.29, 0.717) is 11.1 Å². The van der Waals surface area contributed by atoms with Crippen LogP contribution in [0.25, 0.3) is 0 Å². The molecule has 2 heterocycles. The molecular formula is C16H13N3O2. The quantitative estimate of drug-likeness (QED) is 0.750. The van der Waals surface area contributed by atoms with Crippen LogP contribution in [0.3, 0.4) is 0 Å². The number of amides is 2. The van der Waals surface area contributed by atoms with Gasteiger partial charge in [-0.3, -0.25) is 14.5 Å². The van der Waals surface area contributed by atoms with Crippen molar-refractivity contribution in [3.05, 3.63) is 59.2 Å². The van der Waals surface area contributed by atoms with Crippen LogP contribution >= 0.6 is 0 Å². The average molecular weight is 279 g/mol. The zero-order valence-corrected chi connectivity index (χ0v) is 11.3. The minimum absolute atomic E-state index is 0.211. The number of carbonyl (C=O) groups is 2. The average Bonchev–Trinajstić information content (AvgIpc) is 2.79. The third-order valence-electron chi connectivity index (χ3n) is 4.21. The second-order valence-corrected chi connectivity index (χ2v) is 5.36. The Morgan fingerprint density at radius 3 is 2.52 bits per heavy atom. The van der Waals surface area contributed by atoms with E-state index in [1.807, 2.05) is 0 Å². The summed E-state index contributed by atoms with van der Waals surface area (Å²) in [5.74, 6) is -0.422. The van der Waals surface area contributed by atoms with Crippen LogP contribution in [0, 0.1) is 0 Å². The summed E-state index contributed by atoms with van der Waals surface area (Å²) in [6.45, 7) is 0. The Bertz CT molecular complexity index is 722. The summed E-state index contributed by atoms with van der Waals surface area (Å²) < 4.78 is 0. The summed E-state index contributed by atoms with van der Waals surface area (Å²) in [7, 11) is 0. The Balaban J connectivity index is 1.80. The second kappa shape index (κ2) is 4.48. The maximum absolute atomic E-state index is 12.6. The van der Waals surface area contributed by atoms with E-state index in [0.717, 1.165) is 30.5 Å². The number of carbonyl (C=O) groups excluding carboxylic acids is 2. The third kappa shape index (κ3) is 1.70. The van der Waals surface area contributed by atoms with E-state index < -0.39 is 0 Å². The standard InChI is InChI=1S/C16H13N3O2/c20-15-10-4-1-2-5-11(10)16(21)19(15)14-7-3-6-13-12(14)8-17-9-18-13/h1-2,4-5,8-9,14H,3,6-7H2. The lowest BCUT2D eigenvalue weighted by molar-refractivity contribution is 0.0565. The van der Waals surface area contributed by atoms with Crippen molar-refractivity contribution in [3.63, 3.8) is 0 Å². The first-order valence-electron chi connectivity index (χ1n) is 7.03. The van der Waals surface area contributed by atoms with Gasteiger partial charge in [-0.05, 0) is 31.4 Å². The number of fused-ring (bicyclic) bond motifs is 2. The van der Waals surface area contributed by atoms with Gasteiger partial charge in [-0.1, -0.05) is 12.1 Å². The maximum Gasteiger partial charge on any atom is 0.262 e. The molecule has 2 aromatic rings. The molecule has 1 aromatic carbocycles. The van der Waals surface area contributed by atoms with Crippen LogP contribution in [0.2, 0.25) is 0 Å². The molecule has 0 spiro atoms. The van der Waals surface area contributed by atoms with Gasteiger partial charge in [0.05, 0.1) is 17.2 Å². The maximum atomic E-state index is 12.6. The van der Waals surface area contributed by atoms with Crippen molar-refractivity contribution in [3.8, 4) is 0 Å². The van der Waals surface area contributed by atoms with Gasteiger partial charge >= 0.3 is 0 Å². The highest BCUT2D eigenvalue weighted by Crippen LogP contribution is 2.37. The van der Waals surface area contributed by atoms with Crippen LogP contribution < -0.4 is 0 Å². The minimum atomic E-state index is -0.248. The van der Waals surface area contributed by atoms with Crippen molar-refractivity contribution >= 4 is 11.8 Å². The molecule has 21 heavy (non-hydrogen) atoms. The van der Waals surface area contributed by atoms with E-state index in [-0.39, 0.29) is 17.9 Å². The number of hydrogen-bond donors (Lipinski definition) is 0. The normalized spacial score (nSPS) is 20.4. The summed E-state index contributed by atoms with van der Waals surface area (Å²) in [6, 6.07) is 6.74. The Hall–Kier alpha value is -2.56. The van der Waals surface area contributed by atoms with E-state index in [1.165, 1.54) is 11.2 Å². The SMILES string of the molecule is O=C1c2ccccc2C(=O)N1C1CCCc2ncncc21. The van der Waals surface area contributed by atoms with Crippen LogP contribution in [0.15, 0.2) is 36.8 Å². The molecule has 0 bridgehead atoms. The Kier molecular flexibility index (Phi) is 2.60. The number of aromatic nitrogens is 2. The molecule has 0 saturated heterocycles. The monoisotopic (exact) mass is 279 g/mol. The summed E-state index contributed by atoms with van der Waals surface area (Å²) in [4.78, 5) is 34.9. The molecule has 1 aliphatic heterocycles. The highest BCUT2D eigenvalue weighted by atomic mass is 16.2. The first kappa shape index (κ1) is 12.2. The van der Waals surface area contributed by atoms with E-state index in [1.54, 1.807) is 30.5 Å². The van der Waals surface area contributed by atoms with Crippen molar-refractivity contribution < 1.29 is 9.59 Å². The van der Waals surface area contributed by atoms with E-state index in [4.69, 9.17) is 0 Å². The number of nitrogens with zero attached hydrogens (tertiary/aromatic N) is 3. The zero-order valence-electron chi connectivity index (χ0n) is 11.3. The fourth-order valence-electron chi connectivity index (χ4n) is 3.23. The first-order valence-corrected chi connectivity index (χ1v) is 7.03. The molecule has 4 rings (SSSR count). The van der Waals surface area contributed by atoms with Gasteiger partial charge < -0.3 is 0 Å². The van der Waals surface area contributed by atoms with Crippen LogP contribution in [-0.2, 0) is 6.42 Å². The summed E-state index contributed by atoms with van der Waals surface area (Å²) in [6.07, 6.45) is 5.81. The van der Waals surface area contributed by atoms with Crippen molar-refractivity contribution in [1.82, 2.24) is 14.9 Å². The van der Waals surface area contributed by atoms with Crippen LogP contribution in [0.1, 0.15) is 50.9 Å². The second-order valence-electron chi connectivity index (χ2n) is 5.36. The zero-order chi connectivity index (χ0) is 14.4. The number of rotatable bonds is 1. The van der Waals surface area contributed by atoms with Gasteiger partial charge in [0, 0.05) is 17.5 Å². The smallest absolute Gasteiger partial charge is 0.262 e. The molecule has 1 aromatic heterocycles. The molecule has 0 saturated carbocycles. The Morgan fingerprint density at radius 1 is 1.10 bits per heavy atom. The number of imide groups is 1. The highest BCUT2D eigenvalue weighted by molar-refractivity contribution is 6.21. The molecule has 0 N–H and O–H groups in total. The number of hydrogen-bond acceptors (Lipinski definition) is 4. The fourth-order valence-corrected chi connectivity index (χ4v) is 3.23. The molecule has 5 heteroatoms. The molecule has 2 amide bonds. The predicted octanol–water partition coefficient (Wildman–Crippen LogP) is 2.15. The van der Waals surface area contributed by atoms with Gasteiger partial charge in [0.15, 0.2) is 0 Å². The molecule has 2 aliphatic rings. The molecule has 1 aliphatic carbocycles. The molecule has 0 fully saturated rings. The Labute approximate surface area is 121 Å². The minimum Gasteiger partial charge on any atom is -0.269 e. The van der Waals surface area contributed by atoms with Gasteiger partial charge in [0.1, 0.15) is 6.33 Å². The lowest BCUT2D eigenvalue weighted by atomic mass is 9.91. The van der Waals surface area contributed by atoms with Crippen molar-refractivity contribution in [2.45, 2.75) is 25.3 Å². The largest absolute Gasteiger partial charge is 0.269 e. The predicted molar refractivity (Wildman–Crippen MR) is 74.7 cm³/mol. The third-order valence-corrected chi connectivity index (χ3v) is 4.21. The lowest BCUT2D eigenvalue weighted by Crippen LogP contribution is -2.36. The van der Waals surface area contributed by atoms with Crippen LogP contribution in [0.5, 0.6) is 0 Å². The molecular weight excluding hydrogens is 266 g/mol. The van der Waals surface area contributed by atoms with Gasteiger partial charge in [-0.15, -0.1) is 0 Å². The van der Waals surface area contributed by atoms with Gasteiger partial charge in [-0.2, -0.15) is 0 Å². The molecule has 104 valence electrons. The van der Waals surface area contributed by atoms with Crippen molar-refractivity contribution in [2.75, 3.05) is 0 Å².